The number of carbonyl (C=O) groups is 2. The standard InChI is InChI=1S/C34H34N4O4.Mn/c1-7-21-17(3)25-13-26-19(5)23(9-11-33(39)40)31(37-26)16-32-24(10-12-34(41)42)20(6)28(38-32)15-30-22(8-2)18(4)27(36-30)14-29(21)35-25;/h7-8,13-16H,1-2,9-12H2,3-6H3,(H4,35,36,37,38,39,40,41,42);/q;+3/p-2. The third-order valence-electron chi connectivity index (χ3n) is 8.06. The fraction of sp³-hybridized carbons (Fsp3) is 0.235. The number of carboxylic acids is 2. The van der Waals surface area contributed by atoms with Crippen LogP contribution >= 0.6 is 0 Å². The van der Waals surface area contributed by atoms with Gasteiger partial charge in [0.05, 0.1) is 22.8 Å². The summed E-state index contributed by atoms with van der Waals surface area (Å²) >= 11 is 0. The molecule has 5 heterocycles. The zero-order valence-corrected chi connectivity index (χ0v) is 25.8. The van der Waals surface area contributed by atoms with E-state index < -0.39 is 11.9 Å². The maximum absolute atomic E-state index is 11.5. The summed E-state index contributed by atoms with van der Waals surface area (Å²) in [6.45, 7) is 15.9. The van der Waals surface area contributed by atoms with Gasteiger partial charge in [-0.1, -0.05) is 66.3 Å². The van der Waals surface area contributed by atoms with Gasteiger partial charge in [-0.3, -0.25) is 9.59 Å². The van der Waals surface area contributed by atoms with Crippen LogP contribution in [-0.4, -0.2) is 32.1 Å². The topological polar surface area (TPSA) is 129 Å². The van der Waals surface area contributed by atoms with Crippen molar-refractivity contribution in [3.63, 3.8) is 0 Å². The van der Waals surface area contributed by atoms with E-state index in [4.69, 9.17) is 19.9 Å². The molecule has 8 bridgehead atoms. The molecule has 3 aromatic heterocycles. The minimum absolute atomic E-state index is 0. The second-order valence-corrected chi connectivity index (χ2v) is 10.6. The Kier molecular flexibility index (Phi) is 9.09. The normalized spacial score (nSPS) is 12.7. The zero-order chi connectivity index (χ0) is 30.3. The molecule has 0 atom stereocenters. The summed E-state index contributed by atoms with van der Waals surface area (Å²) in [5.74, 6) is -1.80. The molecule has 0 unspecified atom stereocenters. The molecule has 0 saturated carbocycles. The van der Waals surface area contributed by atoms with Crippen molar-refractivity contribution in [3.05, 3.63) is 88.5 Å². The van der Waals surface area contributed by atoms with Crippen molar-refractivity contribution in [3.8, 4) is 0 Å². The molecule has 43 heavy (non-hydrogen) atoms. The molecule has 9 heteroatoms. The monoisotopic (exact) mass is 615 g/mol. The second-order valence-electron chi connectivity index (χ2n) is 10.6. The first-order chi connectivity index (χ1) is 20.0. The van der Waals surface area contributed by atoms with Gasteiger partial charge in [-0.25, -0.2) is 9.97 Å². The summed E-state index contributed by atoms with van der Waals surface area (Å²) in [7, 11) is 0. The fourth-order valence-electron chi connectivity index (χ4n) is 5.61. The second kappa shape index (κ2) is 12.4. The third-order valence-corrected chi connectivity index (χ3v) is 8.06. The van der Waals surface area contributed by atoms with Crippen LogP contribution in [0.4, 0.5) is 0 Å². The zero-order valence-electron chi connectivity index (χ0n) is 24.6. The molecule has 3 aromatic rings. The van der Waals surface area contributed by atoms with Gasteiger partial charge < -0.3 is 20.2 Å². The molecule has 0 aliphatic carbocycles. The van der Waals surface area contributed by atoms with Crippen molar-refractivity contribution >= 4 is 62.4 Å². The number of aromatic nitrogens is 4. The van der Waals surface area contributed by atoms with Crippen LogP contribution in [0.3, 0.4) is 0 Å². The van der Waals surface area contributed by atoms with Gasteiger partial charge in [0.15, 0.2) is 0 Å². The maximum Gasteiger partial charge on any atom is 3.00 e. The van der Waals surface area contributed by atoms with Gasteiger partial charge >= 0.3 is 29.0 Å². The van der Waals surface area contributed by atoms with E-state index in [1.54, 1.807) is 12.2 Å². The summed E-state index contributed by atoms with van der Waals surface area (Å²) in [4.78, 5) is 42.7. The maximum atomic E-state index is 11.5. The van der Waals surface area contributed by atoms with Gasteiger partial charge in [0.25, 0.3) is 0 Å². The summed E-state index contributed by atoms with van der Waals surface area (Å²) in [6.07, 6.45) is 4.06. The van der Waals surface area contributed by atoms with E-state index in [2.05, 4.69) is 13.2 Å². The van der Waals surface area contributed by atoms with Crippen LogP contribution in [0.25, 0.3) is 50.4 Å². The van der Waals surface area contributed by atoms with E-state index in [0.29, 0.717) is 41.0 Å². The Balaban J connectivity index is 0.00000423. The van der Waals surface area contributed by atoms with Gasteiger partial charge in [-0.2, -0.15) is 0 Å². The van der Waals surface area contributed by atoms with Crippen molar-refractivity contribution < 1.29 is 36.9 Å². The third kappa shape index (κ3) is 5.91. The number of hydrogen-bond acceptors (Lipinski definition) is 4. The predicted octanol–water partition coefficient (Wildman–Crippen LogP) is 6.76. The molecule has 2 aliphatic rings. The van der Waals surface area contributed by atoms with Gasteiger partial charge in [0.1, 0.15) is 0 Å². The first-order valence-corrected chi connectivity index (χ1v) is 13.8. The fourth-order valence-corrected chi connectivity index (χ4v) is 5.61. The van der Waals surface area contributed by atoms with E-state index in [1.165, 1.54) is 0 Å². The van der Waals surface area contributed by atoms with Crippen molar-refractivity contribution in [1.29, 1.82) is 0 Å². The molecule has 5 rings (SSSR count). The minimum Gasteiger partial charge on any atom is -0.657 e. The number of aliphatic carboxylic acids is 2. The number of rotatable bonds is 8. The summed E-state index contributed by atoms with van der Waals surface area (Å²) < 4.78 is 0. The number of fused-ring (bicyclic) bond motifs is 8. The van der Waals surface area contributed by atoms with Crippen molar-refractivity contribution in [2.45, 2.75) is 53.4 Å². The van der Waals surface area contributed by atoms with Crippen LogP contribution < -0.4 is 9.97 Å². The van der Waals surface area contributed by atoms with Crippen molar-refractivity contribution in [2.24, 2.45) is 0 Å². The Hall–Kier alpha value is -4.46. The van der Waals surface area contributed by atoms with E-state index in [9.17, 15) is 19.8 Å². The van der Waals surface area contributed by atoms with Crippen LogP contribution in [0.15, 0.2) is 43.5 Å². The summed E-state index contributed by atoms with van der Waals surface area (Å²) in [5.41, 5.74) is 12.6. The Bertz CT molecular complexity index is 1920. The molecule has 0 fully saturated rings. The van der Waals surface area contributed by atoms with Crippen LogP contribution in [-0.2, 0) is 33.1 Å². The van der Waals surface area contributed by atoms with Gasteiger partial charge in [0, 0.05) is 18.4 Å². The molecular formula is C34H32MnN4O4+. The number of allylic oxidation sites excluding steroid dienone is 5. The number of hydrogen-bond donors (Lipinski definition) is 2. The van der Waals surface area contributed by atoms with Gasteiger partial charge in [0.2, 0.25) is 0 Å². The Morgan fingerprint density at radius 3 is 1.91 bits per heavy atom. The molecular weight excluding hydrogens is 583 g/mol. The summed E-state index contributed by atoms with van der Waals surface area (Å²) in [5, 5.41) is 18.9. The summed E-state index contributed by atoms with van der Waals surface area (Å²) in [6, 6.07) is 7.62. The van der Waals surface area contributed by atoms with Crippen LogP contribution in [0.5, 0.6) is 0 Å². The molecule has 0 spiro atoms. The van der Waals surface area contributed by atoms with Gasteiger partial charge in [-0.15, -0.1) is 22.1 Å². The molecule has 0 radical (unpaired) electrons. The van der Waals surface area contributed by atoms with E-state index in [1.807, 2.05) is 52.0 Å². The molecule has 8 nitrogen and oxygen atoms in total. The van der Waals surface area contributed by atoms with Crippen molar-refractivity contribution in [1.82, 2.24) is 19.9 Å². The van der Waals surface area contributed by atoms with Crippen LogP contribution in [0.2, 0.25) is 0 Å². The largest absolute Gasteiger partial charge is 3.00 e. The van der Waals surface area contributed by atoms with E-state index >= 15 is 0 Å². The Morgan fingerprint density at radius 1 is 0.721 bits per heavy atom. The number of nitrogens with zero attached hydrogens (tertiary/aromatic N) is 4. The van der Waals surface area contributed by atoms with Crippen molar-refractivity contribution in [2.75, 3.05) is 0 Å². The SMILES string of the molecule is C=CC1=C(C)c2cc3[n-]c(cc4nc(cc5[n-]c(cc1n2)c(C)c5CCC(=O)O)C(CCC(=O)O)=C4C)c(C)c3C=C.[Mn+3]. The van der Waals surface area contributed by atoms with Gasteiger partial charge in [-0.05, 0) is 62.8 Å². The first-order valence-electron chi connectivity index (χ1n) is 13.8. The first kappa shape index (κ1) is 31.5. The van der Waals surface area contributed by atoms with E-state index in [0.717, 1.165) is 61.3 Å². The Morgan fingerprint density at radius 2 is 1.26 bits per heavy atom. The average Bonchev–Trinajstić information content (AvgIpc) is 3.59. The molecule has 0 saturated heterocycles. The van der Waals surface area contributed by atoms with Crippen LogP contribution in [0.1, 0.15) is 78.1 Å². The number of aryl methyl sites for hydroxylation is 3. The molecule has 0 aromatic carbocycles. The minimum atomic E-state index is -0.898. The quantitative estimate of drug-likeness (QED) is 0.266. The average molecular weight is 616 g/mol. The molecule has 0 amide bonds. The van der Waals surface area contributed by atoms with Crippen LogP contribution in [0, 0.1) is 13.8 Å². The molecule has 2 N–H and O–H groups in total. The predicted molar refractivity (Wildman–Crippen MR) is 167 cm³/mol. The number of carboxylic acid groups (broad SMARTS) is 2. The Labute approximate surface area is 260 Å². The molecule has 218 valence electrons. The smallest absolute Gasteiger partial charge is 0.657 e. The van der Waals surface area contributed by atoms with E-state index in [-0.39, 0.29) is 29.9 Å². The molecule has 2 aliphatic heterocycles.